The number of hydrogen-bond acceptors (Lipinski definition) is 4. The largest absolute Gasteiger partial charge is 0.478 e. The minimum atomic E-state index is -1.00. The third-order valence-electron chi connectivity index (χ3n) is 2.94. The molecule has 0 bridgehead atoms. The van der Waals surface area contributed by atoms with Crippen LogP contribution in [-0.2, 0) is 7.05 Å². The van der Waals surface area contributed by atoms with Gasteiger partial charge in [0.1, 0.15) is 11.1 Å². The average molecular weight is 257 g/mol. The van der Waals surface area contributed by atoms with Crippen molar-refractivity contribution >= 4 is 17.1 Å². The van der Waals surface area contributed by atoms with E-state index in [4.69, 9.17) is 9.52 Å². The molecule has 2 aromatic heterocycles. The molecule has 6 heteroatoms. The number of fused-ring (bicyclic) bond motifs is 1. The molecule has 0 amide bonds. The number of aromatic carboxylic acids is 1. The van der Waals surface area contributed by atoms with Gasteiger partial charge in [0.25, 0.3) is 0 Å². The van der Waals surface area contributed by atoms with E-state index in [0.717, 1.165) is 11.1 Å². The first-order valence-electron chi connectivity index (χ1n) is 5.69. The molecule has 1 aromatic carbocycles. The van der Waals surface area contributed by atoms with E-state index < -0.39 is 5.97 Å². The zero-order valence-electron chi connectivity index (χ0n) is 10.4. The molecule has 0 fully saturated rings. The van der Waals surface area contributed by atoms with E-state index in [2.05, 4.69) is 10.1 Å². The van der Waals surface area contributed by atoms with Crippen LogP contribution >= 0.6 is 0 Å². The molecular weight excluding hydrogens is 246 g/mol. The van der Waals surface area contributed by atoms with Gasteiger partial charge >= 0.3 is 5.97 Å². The topological polar surface area (TPSA) is 81.1 Å². The van der Waals surface area contributed by atoms with Gasteiger partial charge in [-0.25, -0.2) is 9.78 Å². The van der Waals surface area contributed by atoms with Crippen LogP contribution in [0.15, 0.2) is 28.8 Å². The Balaban J connectivity index is 2.23. The molecule has 3 aromatic rings. The number of oxazole rings is 1. The summed E-state index contributed by atoms with van der Waals surface area (Å²) < 4.78 is 6.99. The van der Waals surface area contributed by atoms with Crippen LogP contribution in [0.5, 0.6) is 0 Å². The first-order valence-corrected chi connectivity index (χ1v) is 5.69. The summed E-state index contributed by atoms with van der Waals surface area (Å²) in [6, 6.07) is 5.40. The number of nitrogens with zero attached hydrogens (tertiary/aromatic N) is 3. The Labute approximate surface area is 108 Å². The van der Waals surface area contributed by atoms with Gasteiger partial charge in [-0.05, 0) is 12.1 Å². The Bertz CT molecular complexity index is 786. The third kappa shape index (κ3) is 1.77. The van der Waals surface area contributed by atoms with Crippen LogP contribution in [0.4, 0.5) is 0 Å². The normalized spacial score (nSPS) is 11.1. The van der Waals surface area contributed by atoms with E-state index in [1.807, 2.05) is 6.07 Å². The van der Waals surface area contributed by atoms with Crippen molar-refractivity contribution < 1.29 is 14.3 Å². The van der Waals surface area contributed by atoms with Crippen LogP contribution in [0.2, 0.25) is 0 Å². The molecule has 0 saturated heterocycles. The highest BCUT2D eigenvalue weighted by molar-refractivity contribution is 5.95. The van der Waals surface area contributed by atoms with E-state index in [9.17, 15) is 4.79 Å². The van der Waals surface area contributed by atoms with Gasteiger partial charge in [-0.15, -0.1) is 0 Å². The lowest BCUT2D eigenvalue weighted by molar-refractivity contribution is 0.0697. The molecule has 1 N–H and O–H groups in total. The summed E-state index contributed by atoms with van der Waals surface area (Å²) >= 11 is 0. The second-order valence-corrected chi connectivity index (χ2v) is 4.25. The number of hydrogen-bond donors (Lipinski definition) is 1. The van der Waals surface area contributed by atoms with E-state index in [1.54, 1.807) is 26.1 Å². The highest BCUT2D eigenvalue weighted by Gasteiger charge is 2.17. The van der Waals surface area contributed by atoms with Crippen LogP contribution in [0.25, 0.3) is 22.4 Å². The highest BCUT2D eigenvalue weighted by Crippen LogP contribution is 2.27. The van der Waals surface area contributed by atoms with Crippen molar-refractivity contribution in [3.8, 4) is 11.3 Å². The van der Waals surface area contributed by atoms with Crippen LogP contribution in [0.3, 0.4) is 0 Å². The standard InChI is InChI=1S/C13H11N3O3/c1-7-15-10-4-3-8(5-11(10)19-7)12-9(13(17)18)6-14-16(12)2/h3-6H,1-2H3,(H,17,18). The minimum absolute atomic E-state index is 0.165. The maximum absolute atomic E-state index is 11.2. The number of aryl methyl sites for hydroxylation is 2. The first-order chi connectivity index (χ1) is 9.06. The third-order valence-corrected chi connectivity index (χ3v) is 2.94. The fourth-order valence-electron chi connectivity index (χ4n) is 2.12. The predicted octanol–water partition coefficient (Wildman–Crippen LogP) is 2.23. The molecule has 0 atom stereocenters. The Morgan fingerprint density at radius 2 is 2.21 bits per heavy atom. The van der Waals surface area contributed by atoms with Crippen LogP contribution in [-0.4, -0.2) is 25.8 Å². The zero-order chi connectivity index (χ0) is 13.6. The molecule has 0 radical (unpaired) electrons. The lowest BCUT2D eigenvalue weighted by Crippen LogP contribution is -2.00. The van der Waals surface area contributed by atoms with Crippen molar-refractivity contribution in [3.63, 3.8) is 0 Å². The van der Waals surface area contributed by atoms with E-state index in [-0.39, 0.29) is 5.56 Å². The molecule has 6 nitrogen and oxygen atoms in total. The summed E-state index contributed by atoms with van der Waals surface area (Å²) in [6.07, 6.45) is 1.34. The molecule has 0 spiro atoms. The fraction of sp³-hybridized carbons (Fsp3) is 0.154. The summed E-state index contributed by atoms with van der Waals surface area (Å²) in [7, 11) is 1.71. The Morgan fingerprint density at radius 1 is 1.42 bits per heavy atom. The van der Waals surface area contributed by atoms with Crippen molar-refractivity contribution in [2.24, 2.45) is 7.05 Å². The molecule has 0 aliphatic heterocycles. The molecule has 0 unspecified atom stereocenters. The Kier molecular flexibility index (Phi) is 2.38. The van der Waals surface area contributed by atoms with Gasteiger partial charge in [0.15, 0.2) is 11.5 Å². The molecule has 19 heavy (non-hydrogen) atoms. The lowest BCUT2D eigenvalue weighted by Gasteiger charge is -2.03. The summed E-state index contributed by atoms with van der Waals surface area (Å²) in [5.41, 5.74) is 2.83. The maximum Gasteiger partial charge on any atom is 0.339 e. The van der Waals surface area contributed by atoms with E-state index in [0.29, 0.717) is 17.2 Å². The van der Waals surface area contributed by atoms with E-state index in [1.165, 1.54) is 10.9 Å². The number of carbonyl (C=O) groups is 1. The van der Waals surface area contributed by atoms with Crippen LogP contribution < -0.4 is 0 Å². The van der Waals surface area contributed by atoms with Gasteiger partial charge in [0.2, 0.25) is 0 Å². The molecular formula is C13H11N3O3. The van der Waals surface area contributed by atoms with Crippen molar-refractivity contribution in [3.05, 3.63) is 35.9 Å². The fourth-order valence-corrected chi connectivity index (χ4v) is 2.12. The van der Waals surface area contributed by atoms with Gasteiger partial charge in [0.05, 0.1) is 11.9 Å². The number of carboxylic acid groups (broad SMARTS) is 1. The minimum Gasteiger partial charge on any atom is -0.478 e. The maximum atomic E-state index is 11.2. The summed E-state index contributed by atoms with van der Waals surface area (Å²) in [4.78, 5) is 15.4. The van der Waals surface area contributed by atoms with Gasteiger partial charge in [-0.3, -0.25) is 4.68 Å². The van der Waals surface area contributed by atoms with Gasteiger partial charge in [0, 0.05) is 19.5 Å². The van der Waals surface area contributed by atoms with Crippen molar-refractivity contribution in [2.75, 3.05) is 0 Å². The van der Waals surface area contributed by atoms with Crippen molar-refractivity contribution in [1.82, 2.24) is 14.8 Å². The van der Waals surface area contributed by atoms with Crippen LogP contribution in [0, 0.1) is 6.92 Å². The van der Waals surface area contributed by atoms with Gasteiger partial charge in [-0.1, -0.05) is 6.07 Å². The summed E-state index contributed by atoms with van der Waals surface area (Å²) in [5, 5.41) is 13.2. The predicted molar refractivity (Wildman–Crippen MR) is 67.9 cm³/mol. The van der Waals surface area contributed by atoms with Gasteiger partial charge < -0.3 is 9.52 Å². The van der Waals surface area contributed by atoms with Crippen molar-refractivity contribution in [1.29, 1.82) is 0 Å². The number of aromatic nitrogens is 3. The zero-order valence-corrected chi connectivity index (χ0v) is 10.4. The van der Waals surface area contributed by atoms with Crippen molar-refractivity contribution in [2.45, 2.75) is 6.92 Å². The highest BCUT2D eigenvalue weighted by atomic mass is 16.4. The SMILES string of the molecule is Cc1nc2ccc(-c3c(C(=O)O)cnn3C)cc2o1. The smallest absolute Gasteiger partial charge is 0.339 e. The summed E-state index contributed by atoms with van der Waals surface area (Å²) in [6.45, 7) is 1.77. The molecule has 0 saturated carbocycles. The molecule has 0 aliphatic carbocycles. The number of rotatable bonds is 2. The monoisotopic (exact) mass is 257 g/mol. The number of carboxylic acids is 1. The molecule has 96 valence electrons. The Hall–Kier alpha value is -2.63. The molecule has 0 aliphatic rings. The van der Waals surface area contributed by atoms with E-state index >= 15 is 0 Å². The molecule has 2 heterocycles. The lowest BCUT2D eigenvalue weighted by atomic mass is 10.1. The Morgan fingerprint density at radius 3 is 2.95 bits per heavy atom. The first kappa shape index (κ1) is 11.5. The summed E-state index contributed by atoms with van der Waals surface area (Å²) in [5.74, 6) is -0.424. The van der Waals surface area contributed by atoms with Crippen LogP contribution in [0.1, 0.15) is 16.2 Å². The molecule has 3 rings (SSSR count). The van der Waals surface area contributed by atoms with Gasteiger partial charge in [-0.2, -0.15) is 5.10 Å². The number of benzene rings is 1. The quantitative estimate of drug-likeness (QED) is 0.761. The second kappa shape index (κ2) is 3.94. The average Bonchev–Trinajstić information content (AvgIpc) is 2.89. The second-order valence-electron chi connectivity index (χ2n) is 4.25.